The standard InChI is InChI=1S/C17H17NO5/c1-18(22)7-6-16-13-9-2-3-10(19)14(13)23-15(16)11(20)4-5-17(16,21)12(18)8-9/h2-5,12,15,19,21H,6-8H2,1H3/t12-,15+,16+,17?,18?/m1/s1. The first-order valence-corrected chi connectivity index (χ1v) is 7.85. The van der Waals surface area contributed by atoms with E-state index in [9.17, 15) is 20.2 Å². The number of hydroxylamine groups is 3. The number of quaternary nitrogens is 1. The Morgan fingerprint density at radius 1 is 1.43 bits per heavy atom. The van der Waals surface area contributed by atoms with Crippen molar-refractivity contribution in [3.05, 3.63) is 40.6 Å². The summed E-state index contributed by atoms with van der Waals surface area (Å²) in [7, 11) is 1.58. The van der Waals surface area contributed by atoms with Crippen LogP contribution in [-0.2, 0) is 16.6 Å². The molecule has 4 aliphatic rings. The molecule has 0 saturated carbocycles. The van der Waals surface area contributed by atoms with E-state index in [1.54, 1.807) is 13.1 Å². The summed E-state index contributed by atoms with van der Waals surface area (Å²) in [6.07, 6.45) is 2.70. The van der Waals surface area contributed by atoms with Crippen molar-refractivity contribution in [3.63, 3.8) is 0 Å². The summed E-state index contributed by atoms with van der Waals surface area (Å²) in [6.45, 7) is 0.308. The van der Waals surface area contributed by atoms with E-state index >= 15 is 0 Å². The van der Waals surface area contributed by atoms with E-state index in [2.05, 4.69) is 0 Å². The zero-order valence-electron chi connectivity index (χ0n) is 12.7. The molecule has 2 bridgehead atoms. The second-order valence-corrected chi connectivity index (χ2v) is 7.35. The third kappa shape index (κ3) is 1.23. The molecule has 120 valence electrons. The molecule has 1 saturated heterocycles. The van der Waals surface area contributed by atoms with Crippen LogP contribution >= 0.6 is 0 Å². The molecular weight excluding hydrogens is 298 g/mol. The van der Waals surface area contributed by atoms with E-state index in [1.165, 1.54) is 18.2 Å². The summed E-state index contributed by atoms with van der Waals surface area (Å²) < 4.78 is 5.29. The average Bonchev–Trinajstić information content (AvgIpc) is 2.86. The Morgan fingerprint density at radius 3 is 3.00 bits per heavy atom. The van der Waals surface area contributed by atoms with Gasteiger partial charge in [0.05, 0.1) is 19.0 Å². The lowest BCUT2D eigenvalue weighted by molar-refractivity contribution is -0.902. The lowest BCUT2D eigenvalue weighted by Crippen LogP contribution is -2.78. The predicted octanol–water partition coefficient (Wildman–Crippen LogP) is 0.534. The number of phenols is 1. The Kier molecular flexibility index (Phi) is 2.12. The Hall–Kier alpha value is -1.89. The number of carbonyl (C=O) groups excluding carboxylic acids is 1. The van der Waals surface area contributed by atoms with Crippen LogP contribution in [0.2, 0.25) is 0 Å². The Bertz CT molecular complexity index is 800. The van der Waals surface area contributed by atoms with Crippen molar-refractivity contribution in [1.29, 1.82) is 0 Å². The molecule has 0 amide bonds. The summed E-state index contributed by atoms with van der Waals surface area (Å²) in [5.41, 5.74) is -0.795. The van der Waals surface area contributed by atoms with E-state index in [0.29, 0.717) is 25.1 Å². The van der Waals surface area contributed by atoms with Crippen LogP contribution in [0, 0.1) is 5.21 Å². The average molecular weight is 315 g/mol. The minimum Gasteiger partial charge on any atom is -0.633 e. The molecule has 0 radical (unpaired) electrons. The molecule has 2 heterocycles. The molecule has 1 aromatic carbocycles. The minimum atomic E-state index is -1.44. The molecule has 2 aliphatic heterocycles. The van der Waals surface area contributed by atoms with Crippen LogP contribution in [0.25, 0.3) is 0 Å². The van der Waals surface area contributed by atoms with Crippen molar-refractivity contribution in [2.45, 2.75) is 36.0 Å². The van der Waals surface area contributed by atoms with E-state index in [4.69, 9.17) is 4.74 Å². The molecular formula is C17H17NO5. The molecule has 1 spiro atoms. The predicted molar refractivity (Wildman–Crippen MR) is 79.8 cm³/mol. The first kappa shape index (κ1) is 13.5. The number of benzene rings is 1. The number of aromatic hydroxyl groups is 1. The number of nitrogens with zero attached hydrogens (tertiary/aromatic N) is 1. The number of likely N-dealkylation sites (tertiary alicyclic amines) is 1. The van der Waals surface area contributed by atoms with Crippen molar-refractivity contribution in [3.8, 4) is 11.5 Å². The third-order valence-corrected chi connectivity index (χ3v) is 6.36. The van der Waals surface area contributed by atoms with Crippen molar-refractivity contribution < 1.29 is 24.4 Å². The molecule has 6 heteroatoms. The van der Waals surface area contributed by atoms with Crippen molar-refractivity contribution in [2.24, 2.45) is 0 Å². The number of phenolic OH excluding ortho intramolecular Hbond substituents is 1. The maximum atomic E-state index is 13.0. The molecule has 5 rings (SSSR count). The Labute approximate surface area is 132 Å². The summed E-state index contributed by atoms with van der Waals surface area (Å²) in [5.74, 6) is 0.0494. The number of ether oxygens (including phenoxy) is 1. The fourth-order valence-electron chi connectivity index (χ4n) is 5.29. The molecule has 1 aromatic rings. The van der Waals surface area contributed by atoms with Gasteiger partial charge in [-0.1, -0.05) is 6.07 Å². The van der Waals surface area contributed by atoms with Crippen LogP contribution < -0.4 is 4.74 Å². The number of carbonyl (C=O) groups is 1. The van der Waals surface area contributed by atoms with Crippen LogP contribution in [0.15, 0.2) is 24.3 Å². The SMILES string of the molecule is C[N+]1([O-])CC[C@]23c4c5ccc(O)c4O[C@H]2C(=O)C=CC3(O)[C@H]1C5. The van der Waals surface area contributed by atoms with E-state index in [-0.39, 0.29) is 11.5 Å². The monoisotopic (exact) mass is 315 g/mol. The fraction of sp³-hybridized carbons (Fsp3) is 0.471. The second kappa shape index (κ2) is 3.61. The van der Waals surface area contributed by atoms with Crippen LogP contribution in [-0.4, -0.2) is 52.0 Å². The van der Waals surface area contributed by atoms with Crippen molar-refractivity contribution >= 4 is 5.78 Å². The van der Waals surface area contributed by atoms with Crippen molar-refractivity contribution in [2.75, 3.05) is 13.6 Å². The molecule has 1 fully saturated rings. The van der Waals surface area contributed by atoms with Gasteiger partial charge in [0.2, 0.25) is 0 Å². The molecule has 23 heavy (non-hydrogen) atoms. The summed E-state index contributed by atoms with van der Waals surface area (Å²) in [5, 5.41) is 34.7. The highest BCUT2D eigenvalue weighted by Gasteiger charge is 2.74. The number of hydrogen-bond acceptors (Lipinski definition) is 5. The van der Waals surface area contributed by atoms with Gasteiger partial charge >= 0.3 is 0 Å². The molecule has 5 atom stereocenters. The maximum absolute atomic E-state index is 13.0. The summed E-state index contributed by atoms with van der Waals surface area (Å²) >= 11 is 0. The molecule has 6 nitrogen and oxygen atoms in total. The highest BCUT2D eigenvalue weighted by atomic mass is 16.6. The van der Waals surface area contributed by atoms with Gasteiger partial charge in [-0.3, -0.25) is 4.79 Å². The zero-order valence-corrected chi connectivity index (χ0v) is 12.7. The normalized spacial score (nSPS) is 45.6. The lowest BCUT2D eigenvalue weighted by atomic mass is 9.50. The summed E-state index contributed by atoms with van der Waals surface area (Å²) in [6, 6.07) is 2.73. The van der Waals surface area contributed by atoms with Gasteiger partial charge in [0, 0.05) is 18.4 Å². The zero-order chi connectivity index (χ0) is 16.2. The first-order chi connectivity index (χ1) is 10.8. The molecule has 2 unspecified atom stereocenters. The van der Waals surface area contributed by atoms with Gasteiger partial charge in [-0.05, 0) is 23.8 Å². The Balaban J connectivity index is 1.91. The number of hydrogen-bond donors (Lipinski definition) is 2. The Morgan fingerprint density at radius 2 is 2.22 bits per heavy atom. The fourth-order valence-corrected chi connectivity index (χ4v) is 5.29. The van der Waals surface area contributed by atoms with Gasteiger partial charge < -0.3 is 24.8 Å². The first-order valence-electron chi connectivity index (χ1n) is 7.85. The number of piperidine rings is 1. The molecule has 2 aliphatic carbocycles. The summed E-state index contributed by atoms with van der Waals surface area (Å²) in [4.78, 5) is 12.4. The largest absolute Gasteiger partial charge is 0.633 e. The van der Waals surface area contributed by atoms with Gasteiger partial charge in [-0.25, -0.2) is 0 Å². The molecule has 2 N–H and O–H groups in total. The minimum absolute atomic E-state index is 0.0222. The van der Waals surface area contributed by atoms with E-state index < -0.39 is 27.8 Å². The van der Waals surface area contributed by atoms with Gasteiger partial charge in [-0.15, -0.1) is 0 Å². The van der Waals surface area contributed by atoms with Crippen LogP contribution in [0.5, 0.6) is 11.5 Å². The second-order valence-electron chi connectivity index (χ2n) is 7.35. The topological polar surface area (TPSA) is 89.8 Å². The van der Waals surface area contributed by atoms with Crippen molar-refractivity contribution in [1.82, 2.24) is 0 Å². The number of likely N-dealkylation sites (N-methyl/N-ethyl adjacent to an activating group) is 1. The highest BCUT2D eigenvalue weighted by Crippen LogP contribution is 2.64. The third-order valence-electron chi connectivity index (χ3n) is 6.36. The number of ketones is 1. The van der Waals surface area contributed by atoms with Crippen LogP contribution in [0.1, 0.15) is 17.5 Å². The van der Waals surface area contributed by atoms with E-state index in [1.807, 2.05) is 0 Å². The van der Waals surface area contributed by atoms with Gasteiger partial charge in [0.25, 0.3) is 0 Å². The van der Waals surface area contributed by atoms with Gasteiger partial charge in [0.15, 0.2) is 23.4 Å². The molecule has 0 aromatic heterocycles. The lowest BCUT2D eigenvalue weighted by Gasteiger charge is -2.64. The van der Waals surface area contributed by atoms with Gasteiger partial charge in [-0.2, -0.15) is 0 Å². The smallest absolute Gasteiger partial charge is 0.197 e. The van der Waals surface area contributed by atoms with E-state index in [0.717, 1.165) is 11.1 Å². The van der Waals surface area contributed by atoms with Crippen LogP contribution in [0.4, 0.5) is 0 Å². The van der Waals surface area contributed by atoms with Crippen LogP contribution in [0.3, 0.4) is 0 Å². The maximum Gasteiger partial charge on any atom is 0.197 e. The number of rotatable bonds is 0. The quantitative estimate of drug-likeness (QED) is 0.538. The van der Waals surface area contributed by atoms with Gasteiger partial charge in [0.1, 0.15) is 11.6 Å². The number of aliphatic hydroxyl groups is 1. The highest BCUT2D eigenvalue weighted by molar-refractivity contribution is 5.98.